The molecule has 2 atom stereocenters. The Morgan fingerprint density at radius 1 is 1.37 bits per heavy atom. The minimum atomic E-state index is 0.665. The minimum Gasteiger partial charge on any atom is -0.370 e. The average Bonchev–Trinajstić information content (AvgIpc) is 2.45. The highest BCUT2D eigenvalue weighted by atomic mass is 15.1. The van der Waals surface area contributed by atoms with Gasteiger partial charge in [-0.2, -0.15) is 0 Å². The molecule has 1 aromatic rings. The quantitative estimate of drug-likeness (QED) is 0.882. The first-order valence-corrected chi connectivity index (χ1v) is 7.60. The molecule has 1 saturated carbocycles. The smallest absolute Gasteiger partial charge is 0.0598 e. The number of rotatable bonds is 5. The molecule has 0 amide bonds. The predicted molar refractivity (Wildman–Crippen MR) is 81.4 cm³/mol. The first kappa shape index (κ1) is 14.3. The first-order valence-electron chi connectivity index (χ1n) is 7.60. The van der Waals surface area contributed by atoms with Crippen LogP contribution in [0.3, 0.4) is 0 Å². The number of pyridine rings is 1. The summed E-state index contributed by atoms with van der Waals surface area (Å²) in [6.07, 6.45) is 9.35. The lowest BCUT2D eigenvalue weighted by Crippen LogP contribution is -2.39. The summed E-state index contributed by atoms with van der Waals surface area (Å²) in [5.41, 5.74) is 2.65. The van der Waals surface area contributed by atoms with Crippen LogP contribution in [0.25, 0.3) is 0 Å². The van der Waals surface area contributed by atoms with Gasteiger partial charge in [-0.1, -0.05) is 26.7 Å². The Balaban J connectivity index is 2.15. The van der Waals surface area contributed by atoms with E-state index in [1.165, 1.54) is 36.9 Å². The third-order valence-corrected chi connectivity index (χ3v) is 4.40. The fraction of sp³-hybridized carbons (Fsp3) is 0.688. The lowest BCUT2D eigenvalue weighted by molar-refractivity contribution is 0.321. The summed E-state index contributed by atoms with van der Waals surface area (Å²) < 4.78 is 0. The molecule has 1 heterocycles. The minimum absolute atomic E-state index is 0.665. The highest BCUT2D eigenvalue weighted by molar-refractivity contribution is 5.52. The highest BCUT2D eigenvalue weighted by Gasteiger charge is 2.26. The molecule has 106 valence electrons. The summed E-state index contributed by atoms with van der Waals surface area (Å²) in [5, 5.41) is 3.42. The maximum atomic E-state index is 4.32. The van der Waals surface area contributed by atoms with Gasteiger partial charge in [0.2, 0.25) is 0 Å². The molecule has 0 aromatic carbocycles. The Morgan fingerprint density at radius 2 is 2.16 bits per heavy atom. The van der Waals surface area contributed by atoms with Gasteiger partial charge in [0.05, 0.1) is 11.9 Å². The molecule has 3 nitrogen and oxygen atoms in total. The molecular formula is C16H27N3. The van der Waals surface area contributed by atoms with Crippen molar-refractivity contribution in [2.75, 3.05) is 18.5 Å². The molecule has 1 aliphatic rings. The summed E-state index contributed by atoms with van der Waals surface area (Å²) in [5.74, 6) is 0.783. The maximum absolute atomic E-state index is 4.32. The Hall–Kier alpha value is -1.09. The highest BCUT2D eigenvalue weighted by Crippen LogP contribution is 2.31. The lowest BCUT2D eigenvalue weighted by Gasteiger charge is -2.38. The molecule has 2 unspecified atom stereocenters. The van der Waals surface area contributed by atoms with E-state index in [0.717, 1.165) is 19.0 Å². The van der Waals surface area contributed by atoms with Crippen LogP contribution in [0.4, 0.5) is 5.69 Å². The number of nitrogens with one attached hydrogen (secondary N) is 1. The van der Waals surface area contributed by atoms with E-state index in [9.17, 15) is 0 Å². The monoisotopic (exact) mass is 261 g/mol. The molecule has 1 fully saturated rings. The molecule has 0 saturated heterocycles. The van der Waals surface area contributed by atoms with E-state index in [1.54, 1.807) is 0 Å². The molecule has 3 heteroatoms. The number of hydrogen-bond acceptors (Lipinski definition) is 3. The van der Waals surface area contributed by atoms with Crippen LogP contribution in [-0.2, 0) is 6.54 Å². The van der Waals surface area contributed by atoms with Crippen molar-refractivity contribution in [3.8, 4) is 0 Å². The number of anilines is 1. The third kappa shape index (κ3) is 3.47. The summed E-state index contributed by atoms with van der Waals surface area (Å²) in [4.78, 5) is 6.79. The normalized spacial score (nSPS) is 23.3. The zero-order chi connectivity index (χ0) is 13.7. The Labute approximate surface area is 117 Å². The van der Waals surface area contributed by atoms with Crippen molar-refractivity contribution < 1.29 is 0 Å². The van der Waals surface area contributed by atoms with Gasteiger partial charge in [-0.15, -0.1) is 0 Å². The van der Waals surface area contributed by atoms with Crippen LogP contribution < -0.4 is 10.2 Å². The van der Waals surface area contributed by atoms with Crippen molar-refractivity contribution in [1.29, 1.82) is 0 Å². The summed E-state index contributed by atoms with van der Waals surface area (Å²) in [6, 6.07) is 2.81. The second-order valence-corrected chi connectivity index (χ2v) is 5.72. The van der Waals surface area contributed by atoms with Gasteiger partial charge in [-0.05, 0) is 36.9 Å². The van der Waals surface area contributed by atoms with E-state index in [0.29, 0.717) is 6.04 Å². The van der Waals surface area contributed by atoms with Crippen LogP contribution >= 0.6 is 0 Å². The maximum Gasteiger partial charge on any atom is 0.0598 e. The predicted octanol–water partition coefficient (Wildman–Crippen LogP) is 3.21. The molecule has 0 radical (unpaired) electrons. The van der Waals surface area contributed by atoms with E-state index < -0.39 is 0 Å². The largest absolute Gasteiger partial charge is 0.370 e. The molecule has 1 aliphatic carbocycles. The average molecular weight is 261 g/mol. The molecular weight excluding hydrogens is 234 g/mol. The van der Waals surface area contributed by atoms with Crippen molar-refractivity contribution >= 4 is 5.69 Å². The molecule has 0 aliphatic heterocycles. The van der Waals surface area contributed by atoms with Crippen LogP contribution in [0.1, 0.15) is 45.1 Å². The van der Waals surface area contributed by atoms with Gasteiger partial charge in [0.25, 0.3) is 0 Å². The molecule has 1 aromatic heterocycles. The lowest BCUT2D eigenvalue weighted by atomic mass is 9.85. The van der Waals surface area contributed by atoms with Gasteiger partial charge < -0.3 is 10.2 Å². The van der Waals surface area contributed by atoms with Crippen molar-refractivity contribution in [2.24, 2.45) is 5.92 Å². The van der Waals surface area contributed by atoms with Gasteiger partial charge in [-0.3, -0.25) is 4.98 Å². The number of nitrogens with zero attached hydrogens (tertiary/aromatic N) is 2. The van der Waals surface area contributed by atoms with Gasteiger partial charge in [0, 0.05) is 25.8 Å². The van der Waals surface area contributed by atoms with Crippen LogP contribution in [0, 0.1) is 5.92 Å². The van der Waals surface area contributed by atoms with Crippen molar-refractivity contribution in [3.05, 3.63) is 24.0 Å². The molecule has 2 rings (SSSR count). The summed E-state index contributed by atoms with van der Waals surface area (Å²) in [7, 11) is 2.24. The van der Waals surface area contributed by atoms with Gasteiger partial charge in [0.1, 0.15) is 0 Å². The third-order valence-electron chi connectivity index (χ3n) is 4.40. The van der Waals surface area contributed by atoms with Crippen LogP contribution in [0.2, 0.25) is 0 Å². The molecule has 19 heavy (non-hydrogen) atoms. The van der Waals surface area contributed by atoms with Crippen molar-refractivity contribution in [2.45, 2.75) is 52.1 Å². The summed E-state index contributed by atoms with van der Waals surface area (Å²) in [6.45, 7) is 6.47. The van der Waals surface area contributed by atoms with E-state index in [4.69, 9.17) is 0 Å². The molecule has 0 bridgehead atoms. The Bertz CT molecular complexity index is 391. The molecule has 1 N–H and O–H groups in total. The first-order chi connectivity index (χ1) is 9.24. The SMILES string of the molecule is CCNCc1ccncc1N(C)C1CCCCC1C. The van der Waals surface area contributed by atoms with Gasteiger partial charge >= 0.3 is 0 Å². The van der Waals surface area contributed by atoms with Gasteiger partial charge in [-0.25, -0.2) is 0 Å². The molecule has 0 spiro atoms. The van der Waals surface area contributed by atoms with E-state index in [-0.39, 0.29) is 0 Å². The zero-order valence-electron chi connectivity index (χ0n) is 12.5. The second kappa shape index (κ2) is 6.90. The van der Waals surface area contributed by atoms with Crippen molar-refractivity contribution in [1.82, 2.24) is 10.3 Å². The standard InChI is InChI=1S/C16H27N3/c1-4-17-11-14-9-10-18-12-16(14)19(3)15-8-6-5-7-13(15)2/h9-10,12-13,15,17H,4-8,11H2,1-3H3. The van der Waals surface area contributed by atoms with E-state index in [1.807, 2.05) is 12.4 Å². The van der Waals surface area contributed by atoms with Crippen LogP contribution in [0.15, 0.2) is 18.5 Å². The fourth-order valence-corrected chi connectivity index (χ4v) is 3.19. The Kier molecular flexibility index (Phi) is 5.20. The van der Waals surface area contributed by atoms with Crippen molar-refractivity contribution in [3.63, 3.8) is 0 Å². The van der Waals surface area contributed by atoms with Crippen LogP contribution in [-0.4, -0.2) is 24.6 Å². The fourth-order valence-electron chi connectivity index (χ4n) is 3.19. The number of hydrogen-bond donors (Lipinski definition) is 1. The van der Waals surface area contributed by atoms with Gasteiger partial charge in [0.15, 0.2) is 0 Å². The van der Waals surface area contributed by atoms with Crippen LogP contribution in [0.5, 0.6) is 0 Å². The van der Waals surface area contributed by atoms with E-state index >= 15 is 0 Å². The zero-order valence-corrected chi connectivity index (χ0v) is 12.5. The van der Waals surface area contributed by atoms with E-state index in [2.05, 4.69) is 42.2 Å². The summed E-state index contributed by atoms with van der Waals surface area (Å²) >= 11 is 0. The Morgan fingerprint density at radius 3 is 2.89 bits per heavy atom. The second-order valence-electron chi connectivity index (χ2n) is 5.72. The number of aromatic nitrogens is 1. The topological polar surface area (TPSA) is 28.2 Å².